The predicted octanol–water partition coefficient (Wildman–Crippen LogP) is 1.64. The van der Waals surface area contributed by atoms with E-state index >= 15 is 0 Å². The molecule has 0 amide bonds. The third-order valence-corrected chi connectivity index (χ3v) is 3.81. The number of nitriles is 1. The van der Waals surface area contributed by atoms with Crippen molar-refractivity contribution in [2.75, 3.05) is 37.8 Å². The number of carbonyl (C=O) groups is 1. The van der Waals surface area contributed by atoms with Gasteiger partial charge in [0, 0.05) is 13.1 Å². The number of benzene rings is 1. The van der Waals surface area contributed by atoms with Gasteiger partial charge in [0.05, 0.1) is 36.9 Å². The van der Waals surface area contributed by atoms with Crippen LogP contribution >= 0.6 is 0 Å². The van der Waals surface area contributed by atoms with Gasteiger partial charge in [0.25, 0.3) is 0 Å². The van der Waals surface area contributed by atoms with Crippen molar-refractivity contribution >= 4 is 22.8 Å². The maximum Gasteiger partial charge on any atom is 0.329 e. The highest BCUT2D eigenvalue weighted by molar-refractivity contribution is 5.85. The van der Waals surface area contributed by atoms with Gasteiger partial charge in [-0.2, -0.15) is 5.26 Å². The van der Waals surface area contributed by atoms with Crippen molar-refractivity contribution in [2.24, 2.45) is 0 Å². The van der Waals surface area contributed by atoms with Crippen molar-refractivity contribution in [3.63, 3.8) is 0 Å². The monoisotopic (exact) mass is 326 g/mol. The lowest BCUT2D eigenvalue weighted by Crippen LogP contribution is -2.38. The Morgan fingerprint density at radius 2 is 2.00 bits per heavy atom. The smallest absolute Gasteiger partial charge is 0.329 e. The number of aromatic nitrogens is 2. The van der Waals surface area contributed by atoms with Crippen molar-refractivity contribution in [2.45, 2.75) is 12.8 Å². The minimum absolute atomic E-state index is 0.213. The van der Waals surface area contributed by atoms with E-state index in [0.29, 0.717) is 43.3 Å². The van der Waals surface area contributed by atoms with Gasteiger partial charge < -0.3 is 14.4 Å². The Hall–Kier alpha value is -2.72. The van der Waals surface area contributed by atoms with Gasteiger partial charge in [-0.25, -0.2) is 9.97 Å². The second-order valence-corrected chi connectivity index (χ2v) is 5.33. The lowest BCUT2D eigenvalue weighted by molar-refractivity contribution is -0.143. The summed E-state index contributed by atoms with van der Waals surface area (Å²) in [7, 11) is 0. The second-order valence-electron chi connectivity index (χ2n) is 5.33. The fraction of sp³-hybridized carbons (Fsp3) is 0.412. The van der Waals surface area contributed by atoms with E-state index in [4.69, 9.17) is 9.47 Å². The SMILES string of the molecule is CCOC(=O)C(C#N)c1nc2ccccc2nc1N1CCOCC1. The van der Waals surface area contributed by atoms with Crippen LogP contribution in [0.4, 0.5) is 5.82 Å². The molecule has 1 saturated heterocycles. The van der Waals surface area contributed by atoms with E-state index < -0.39 is 11.9 Å². The number of carbonyl (C=O) groups excluding carboxylic acids is 1. The Morgan fingerprint density at radius 1 is 1.33 bits per heavy atom. The zero-order valence-corrected chi connectivity index (χ0v) is 13.4. The lowest BCUT2D eigenvalue weighted by atomic mass is 10.1. The molecule has 1 unspecified atom stereocenters. The van der Waals surface area contributed by atoms with Crippen LogP contribution in [0.3, 0.4) is 0 Å². The average Bonchev–Trinajstić information content (AvgIpc) is 2.63. The summed E-state index contributed by atoms with van der Waals surface area (Å²) >= 11 is 0. The van der Waals surface area contributed by atoms with E-state index in [1.165, 1.54) is 0 Å². The minimum Gasteiger partial charge on any atom is -0.465 e. The molecule has 0 aliphatic carbocycles. The molecule has 2 aromatic rings. The van der Waals surface area contributed by atoms with Gasteiger partial charge in [0.2, 0.25) is 0 Å². The molecule has 1 atom stereocenters. The number of para-hydroxylation sites is 2. The molecule has 24 heavy (non-hydrogen) atoms. The quantitative estimate of drug-likeness (QED) is 0.789. The zero-order chi connectivity index (χ0) is 16.9. The van der Waals surface area contributed by atoms with Crippen molar-refractivity contribution in [1.82, 2.24) is 9.97 Å². The molecule has 0 radical (unpaired) electrons. The van der Waals surface area contributed by atoms with Gasteiger partial charge in [-0.15, -0.1) is 0 Å². The maximum atomic E-state index is 12.2. The molecular formula is C17H18N4O3. The van der Waals surface area contributed by atoms with Gasteiger partial charge in [-0.1, -0.05) is 12.1 Å². The molecule has 7 heteroatoms. The van der Waals surface area contributed by atoms with Crippen molar-refractivity contribution in [3.8, 4) is 6.07 Å². The summed E-state index contributed by atoms with van der Waals surface area (Å²) in [5.74, 6) is -1.14. The molecule has 0 saturated carbocycles. The molecular weight excluding hydrogens is 308 g/mol. The predicted molar refractivity (Wildman–Crippen MR) is 87.6 cm³/mol. The molecule has 0 bridgehead atoms. The Bertz CT molecular complexity index is 781. The van der Waals surface area contributed by atoms with Crippen LogP contribution in [0.15, 0.2) is 24.3 Å². The zero-order valence-electron chi connectivity index (χ0n) is 13.4. The molecule has 2 heterocycles. The van der Waals surface area contributed by atoms with Crippen LogP contribution in [0.25, 0.3) is 11.0 Å². The molecule has 124 valence electrons. The van der Waals surface area contributed by atoms with Gasteiger partial charge in [-0.05, 0) is 19.1 Å². The molecule has 1 aromatic carbocycles. The van der Waals surface area contributed by atoms with Crippen LogP contribution in [0.1, 0.15) is 18.5 Å². The van der Waals surface area contributed by atoms with Crippen LogP contribution in [0.2, 0.25) is 0 Å². The van der Waals surface area contributed by atoms with E-state index in [-0.39, 0.29) is 6.61 Å². The van der Waals surface area contributed by atoms with Gasteiger partial charge >= 0.3 is 5.97 Å². The first-order chi connectivity index (χ1) is 11.7. The highest BCUT2D eigenvalue weighted by Crippen LogP contribution is 2.28. The first-order valence-corrected chi connectivity index (χ1v) is 7.90. The Kier molecular flexibility index (Phi) is 4.87. The largest absolute Gasteiger partial charge is 0.465 e. The van der Waals surface area contributed by atoms with Gasteiger partial charge in [-0.3, -0.25) is 4.79 Å². The first-order valence-electron chi connectivity index (χ1n) is 7.90. The molecule has 1 aliphatic heterocycles. The standard InChI is InChI=1S/C17H18N4O3/c1-2-24-17(22)12(11-18)15-16(21-7-9-23-10-8-21)20-14-6-4-3-5-13(14)19-15/h3-6,12H,2,7-10H2,1H3. The normalized spacial score (nSPS) is 15.8. The summed E-state index contributed by atoms with van der Waals surface area (Å²) < 4.78 is 10.4. The number of esters is 1. The van der Waals surface area contributed by atoms with Crippen molar-refractivity contribution < 1.29 is 14.3 Å². The summed E-state index contributed by atoms with van der Waals surface area (Å²) in [5, 5.41) is 9.51. The Balaban J connectivity index is 2.12. The van der Waals surface area contributed by atoms with Gasteiger partial charge in [0.15, 0.2) is 11.7 Å². The maximum absolute atomic E-state index is 12.2. The number of hydrogen-bond acceptors (Lipinski definition) is 7. The summed E-state index contributed by atoms with van der Waals surface area (Å²) in [6.45, 7) is 4.35. The molecule has 0 N–H and O–H groups in total. The van der Waals surface area contributed by atoms with Crippen LogP contribution in [0, 0.1) is 11.3 Å². The van der Waals surface area contributed by atoms with Crippen LogP contribution in [-0.2, 0) is 14.3 Å². The van der Waals surface area contributed by atoms with Crippen LogP contribution < -0.4 is 4.90 Å². The van der Waals surface area contributed by atoms with Crippen LogP contribution in [-0.4, -0.2) is 48.8 Å². The first kappa shape index (κ1) is 16.1. The van der Waals surface area contributed by atoms with Crippen molar-refractivity contribution in [1.29, 1.82) is 5.26 Å². The fourth-order valence-corrected chi connectivity index (χ4v) is 2.66. The molecule has 1 aromatic heterocycles. The number of anilines is 1. The number of nitrogens with zero attached hydrogens (tertiary/aromatic N) is 4. The van der Waals surface area contributed by atoms with Crippen LogP contribution in [0.5, 0.6) is 0 Å². The number of hydrogen-bond donors (Lipinski definition) is 0. The summed E-state index contributed by atoms with van der Waals surface area (Å²) in [6.07, 6.45) is 0. The topological polar surface area (TPSA) is 88.3 Å². The summed E-state index contributed by atoms with van der Waals surface area (Å²) in [5.41, 5.74) is 1.72. The summed E-state index contributed by atoms with van der Waals surface area (Å²) in [4.78, 5) is 23.4. The lowest BCUT2D eigenvalue weighted by Gasteiger charge is -2.29. The minimum atomic E-state index is -1.10. The van der Waals surface area contributed by atoms with E-state index in [9.17, 15) is 10.1 Å². The average molecular weight is 326 g/mol. The Morgan fingerprint density at radius 3 is 2.62 bits per heavy atom. The third kappa shape index (κ3) is 3.14. The summed E-state index contributed by atoms with van der Waals surface area (Å²) in [6, 6.07) is 9.42. The molecule has 1 fully saturated rings. The number of morpholine rings is 1. The molecule has 0 spiro atoms. The third-order valence-electron chi connectivity index (χ3n) is 3.81. The Labute approximate surface area is 139 Å². The molecule has 3 rings (SSSR count). The number of ether oxygens (including phenoxy) is 2. The fourth-order valence-electron chi connectivity index (χ4n) is 2.66. The van der Waals surface area contributed by atoms with E-state index in [2.05, 4.69) is 9.97 Å². The highest BCUT2D eigenvalue weighted by atomic mass is 16.5. The molecule has 7 nitrogen and oxygen atoms in total. The van der Waals surface area contributed by atoms with E-state index in [1.54, 1.807) is 6.92 Å². The number of fused-ring (bicyclic) bond motifs is 1. The molecule has 1 aliphatic rings. The number of rotatable bonds is 4. The second kappa shape index (κ2) is 7.23. The van der Waals surface area contributed by atoms with E-state index in [0.717, 1.165) is 5.52 Å². The van der Waals surface area contributed by atoms with Gasteiger partial charge in [0.1, 0.15) is 5.69 Å². The highest BCUT2D eigenvalue weighted by Gasteiger charge is 2.30. The van der Waals surface area contributed by atoms with E-state index in [1.807, 2.05) is 35.2 Å². The van der Waals surface area contributed by atoms with Crippen molar-refractivity contribution in [3.05, 3.63) is 30.0 Å².